The van der Waals surface area contributed by atoms with Crippen LogP contribution in [0.25, 0.3) is 0 Å². The Balaban J connectivity index is 1.39. The molecular formula is C41H39BN6O6. The van der Waals surface area contributed by atoms with Gasteiger partial charge in [0.25, 0.3) is 5.91 Å². The van der Waals surface area contributed by atoms with Crippen molar-refractivity contribution in [2.24, 2.45) is 11.0 Å². The van der Waals surface area contributed by atoms with E-state index in [0.717, 1.165) is 11.1 Å². The number of carbonyl (C=O) groups is 3. The molecular weight excluding hydrogens is 683 g/mol. The van der Waals surface area contributed by atoms with Crippen LogP contribution in [0.2, 0.25) is 0 Å². The highest BCUT2D eigenvalue weighted by molar-refractivity contribution is 6.69. The molecule has 0 spiro atoms. The van der Waals surface area contributed by atoms with Crippen molar-refractivity contribution < 1.29 is 33.0 Å². The van der Waals surface area contributed by atoms with E-state index in [1.807, 2.05) is 105 Å². The van der Waals surface area contributed by atoms with Gasteiger partial charge in [-0.3, -0.25) is 14.6 Å². The monoisotopic (exact) mass is 722 g/mol. The molecule has 12 nitrogen and oxygen atoms in total. The summed E-state index contributed by atoms with van der Waals surface area (Å²) in [5.41, 5.74) is 3.58. The SMILES string of the molecule is COc1ccc2c(c1)O[B-]1([C@H](CC(C)C)NC(=O)[C@@H](Cc3ccccc3)NC(=O)c3cnccn3)OC(=O)C(c3ccccc3)=N[N+]1=C2c1ccccc1. The van der Waals surface area contributed by atoms with Crippen molar-refractivity contribution in [1.29, 1.82) is 0 Å². The Morgan fingerprint density at radius 2 is 1.54 bits per heavy atom. The molecule has 0 saturated heterocycles. The summed E-state index contributed by atoms with van der Waals surface area (Å²) in [5.74, 6) is -1.88. The summed E-state index contributed by atoms with van der Waals surface area (Å²) in [6, 6.07) is 32.4. The van der Waals surface area contributed by atoms with E-state index in [4.69, 9.17) is 19.1 Å². The van der Waals surface area contributed by atoms with Crippen molar-refractivity contribution in [3.63, 3.8) is 0 Å². The summed E-state index contributed by atoms with van der Waals surface area (Å²) < 4.78 is 20.7. The summed E-state index contributed by atoms with van der Waals surface area (Å²) in [6.45, 7) is 0.981. The van der Waals surface area contributed by atoms with Crippen LogP contribution in [0.1, 0.15) is 53.0 Å². The van der Waals surface area contributed by atoms with E-state index in [1.165, 1.54) is 18.6 Å². The molecule has 0 fully saturated rings. The summed E-state index contributed by atoms with van der Waals surface area (Å²) in [6.07, 6.45) is 4.68. The highest BCUT2D eigenvalue weighted by atomic mass is 16.7. The van der Waals surface area contributed by atoms with E-state index in [0.29, 0.717) is 34.8 Å². The number of hydrogen-bond acceptors (Lipinski definition) is 9. The minimum absolute atomic E-state index is 0.0242. The average Bonchev–Trinajstić information content (AvgIpc) is 3.20. The normalized spacial score (nSPS) is 17.2. The summed E-state index contributed by atoms with van der Waals surface area (Å²) in [7, 11) is 1.56. The van der Waals surface area contributed by atoms with E-state index < -0.39 is 36.5 Å². The van der Waals surface area contributed by atoms with Gasteiger partial charge in [0, 0.05) is 36.0 Å². The minimum atomic E-state index is -3.02. The van der Waals surface area contributed by atoms with Gasteiger partial charge in [-0.2, -0.15) is 0 Å². The molecule has 0 bridgehead atoms. The molecule has 3 heterocycles. The maximum atomic E-state index is 14.7. The lowest BCUT2D eigenvalue weighted by molar-refractivity contribution is -0.443. The first-order chi connectivity index (χ1) is 26.3. The first kappa shape index (κ1) is 35.8. The number of aromatic nitrogens is 2. The first-order valence-electron chi connectivity index (χ1n) is 17.8. The molecule has 2 aliphatic rings. The van der Waals surface area contributed by atoms with Gasteiger partial charge in [-0.05, 0) is 47.3 Å². The Morgan fingerprint density at radius 3 is 2.19 bits per heavy atom. The Bertz CT molecular complexity index is 2220. The van der Waals surface area contributed by atoms with Crippen LogP contribution in [0.4, 0.5) is 0 Å². The molecule has 0 saturated carbocycles. The number of fused-ring (bicyclic) bond motifs is 2. The molecule has 2 N–H and O–H groups in total. The lowest BCUT2D eigenvalue weighted by Crippen LogP contribution is -2.74. The second kappa shape index (κ2) is 15.5. The maximum Gasteiger partial charge on any atom is 0.701 e. The molecule has 2 aliphatic heterocycles. The molecule has 2 amide bonds. The Morgan fingerprint density at radius 1 is 0.852 bits per heavy atom. The lowest BCUT2D eigenvalue weighted by atomic mass is 9.58. The molecule has 1 aromatic heterocycles. The standard InChI is InChI=1S/C41H39BN6O6/c1-27(2)23-36(46-39(49)33(24-28-13-7-4-8-14-28)45-40(50)34-26-43-21-22-44-34)42-48(47-37(41(51)54-42)29-15-9-5-10-16-29)38(30-17-11-6-12-18-30)32-20-19-31(52-3)25-35(32)53-42/h4-22,25-27,33,36H,23-24H2,1-3H3,(H,45,50)(H,46,49)/t33-,36+,42?/m1/s1. The number of rotatable bonds is 12. The molecule has 54 heavy (non-hydrogen) atoms. The second-order valence-electron chi connectivity index (χ2n) is 13.5. The Hall–Kier alpha value is -6.63. The quantitative estimate of drug-likeness (QED) is 0.176. The highest BCUT2D eigenvalue weighted by Crippen LogP contribution is 2.38. The van der Waals surface area contributed by atoms with Crippen molar-refractivity contribution in [2.45, 2.75) is 38.7 Å². The maximum absolute atomic E-state index is 14.7. The summed E-state index contributed by atoms with van der Waals surface area (Å²) in [4.78, 5) is 50.4. The number of ether oxygens (including phenoxy) is 1. The molecule has 3 atom stereocenters. The van der Waals surface area contributed by atoms with Crippen LogP contribution < -0.4 is 20.0 Å². The van der Waals surface area contributed by atoms with Crippen LogP contribution in [0.15, 0.2) is 133 Å². The van der Waals surface area contributed by atoms with E-state index in [1.54, 1.807) is 29.9 Å². The number of carbonyl (C=O) groups excluding carboxylic acids is 3. The van der Waals surface area contributed by atoms with Gasteiger partial charge in [-0.1, -0.05) is 92.7 Å². The molecule has 0 radical (unpaired) electrons. The van der Waals surface area contributed by atoms with Crippen LogP contribution in [0.5, 0.6) is 11.5 Å². The van der Waals surface area contributed by atoms with Gasteiger partial charge >= 0.3 is 12.7 Å². The van der Waals surface area contributed by atoms with Crippen molar-refractivity contribution in [2.75, 3.05) is 7.11 Å². The van der Waals surface area contributed by atoms with Crippen LogP contribution in [0, 0.1) is 5.92 Å². The Kier molecular flexibility index (Phi) is 10.3. The van der Waals surface area contributed by atoms with E-state index in [9.17, 15) is 14.4 Å². The van der Waals surface area contributed by atoms with Gasteiger partial charge in [0.2, 0.25) is 17.3 Å². The molecule has 4 aromatic carbocycles. The van der Waals surface area contributed by atoms with E-state index >= 15 is 0 Å². The topological polar surface area (TPSA) is 144 Å². The van der Waals surface area contributed by atoms with Gasteiger partial charge in [0.1, 0.15) is 17.5 Å². The van der Waals surface area contributed by atoms with Gasteiger partial charge < -0.3 is 24.7 Å². The Labute approximate surface area is 312 Å². The fourth-order valence-corrected chi connectivity index (χ4v) is 6.85. The number of hydrazone groups is 1. The minimum Gasteiger partial charge on any atom is -0.620 e. The smallest absolute Gasteiger partial charge is 0.620 e. The van der Waals surface area contributed by atoms with Crippen LogP contribution in [0.3, 0.4) is 0 Å². The average molecular weight is 723 g/mol. The van der Waals surface area contributed by atoms with Crippen LogP contribution in [-0.4, -0.2) is 69.5 Å². The number of hydrogen-bond donors (Lipinski definition) is 2. The van der Waals surface area contributed by atoms with E-state index in [2.05, 4.69) is 20.6 Å². The van der Waals surface area contributed by atoms with Crippen LogP contribution >= 0.6 is 0 Å². The zero-order valence-corrected chi connectivity index (χ0v) is 30.1. The first-order valence-corrected chi connectivity index (χ1v) is 17.8. The zero-order chi connectivity index (χ0) is 37.7. The number of nitrogens with zero attached hydrogens (tertiary/aromatic N) is 4. The second-order valence-corrected chi connectivity index (χ2v) is 13.5. The van der Waals surface area contributed by atoms with Gasteiger partial charge in [0.05, 0.1) is 30.6 Å². The van der Waals surface area contributed by atoms with Crippen molar-refractivity contribution in [3.8, 4) is 11.5 Å². The summed E-state index contributed by atoms with van der Waals surface area (Å²) >= 11 is 0. The fraction of sp³-hybridized carbons (Fsp3) is 0.195. The third kappa shape index (κ3) is 7.33. The third-order valence-electron chi connectivity index (χ3n) is 9.34. The predicted molar refractivity (Wildman–Crippen MR) is 203 cm³/mol. The fourth-order valence-electron chi connectivity index (χ4n) is 6.85. The zero-order valence-electron chi connectivity index (χ0n) is 30.1. The largest absolute Gasteiger partial charge is 0.701 e. The highest BCUT2D eigenvalue weighted by Gasteiger charge is 2.64. The lowest BCUT2D eigenvalue weighted by Gasteiger charge is -2.45. The molecule has 272 valence electrons. The molecule has 7 rings (SSSR count). The predicted octanol–water partition coefficient (Wildman–Crippen LogP) is 4.74. The molecule has 0 aliphatic carbocycles. The number of amides is 2. The third-order valence-corrected chi connectivity index (χ3v) is 9.34. The summed E-state index contributed by atoms with van der Waals surface area (Å²) in [5, 5.41) is 11.1. The van der Waals surface area contributed by atoms with Gasteiger partial charge in [-0.15, -0.1) is 0 Å². The van der Waals surface area contributed by atoms with Crippen molar-refractivity contribution >= 4 is 35.9 Å². The van der Waals surface area contributed by atoms with Crippen molar-refractivity contribution in [3.05, 3.63) is 156 Å². The molecule has 13 heteroatoms. The molecule has 1 unspecified atom stereocenters. The van der Waals surface area contributed by atoms with Crippen LogP contribution in [-0.2, 0) is 20.7 Å². The number of benzene rings is 4. The van der Waals surface area contributed by atoms with E-state index in [-0.39, 0.29) is 23.7 Å². The van der Waals surface area contributed by atoms with Gasteiger partial charge in [-0.25, -0.2) is 14.4 Å². The number of methoxy groups -OCH3 is 1. The number of nitrogens with one attached hydrogen (secondary N) is 2. The molecule has 5 aromatic rings. The van der Waals surface area contributed by atoms with Gasteiger partial charge in [0.15, 0.2) is 0 Å². The van der Waals surface area contributed by atoms with Crippen molar-refractivity contribution in [1.82, 2.24) is 20.6 Å².